The lowest BCUT2D eigenvalue weighted by atomic mass is 9.95. The van der Waals surface area contributed by atoms with Gasteiger partial charge in [0.25, 0.3) is 0 Å². The fourth-order valence-electron chi connectivity index (χ4n) is 3.25. The van der Waals surface area contributed by atoms with Crippen LogP contribution in [0.15, 0.2) is 60.7 Å². The lowest BCUT2D eigenvalue weighted by Gasteiger charge is -2.21. The molecule has 4 nitrogen and oxygen atoms in total. The number of likely N-dealkylation sites (tertiary alicyclic amines) is 1. The minimum atomic E-state index is -0.515. The van der Waals surface area contributed by atoms with E-state index >= 15 is 0 Å². The van der Waals surface area contributed by atoms with Crippen LogP contribution in [0.3, 0.4) is 0 Å². The lowest BCUT2D eigenvalue weighted by Crippen LogP contribution is -2.44. The Morgan fingerprint density at radius 2 is 1.65 bits per heavy atom. The fourth-order valence-corrected chi connectivity index (χ4v) is 3.25. The third-order valence-corrected chi connectivity index (χ3v) is 4.52. The third-order valence-electron chi connectivity index (χ3n) is 4.52. The van der Waals surface area contributed by atoms with Gasteiger partial charge in [-0.2, -0.15) is 0 Å². The minimum Gasteiger partial charge on any atom is -0.339 e. The number of carbonyl (C=O) groups excluding carboxylic acids is 1. The molecule has 0 aromatic heterocycles. The maximum atomic E-state index is 12.6. The highest BCUT2D eigenvalue weighted by molar-refractivity contribution is 5.82. The zero-order valence-electron chi connectivity index (χ0n) is 13.1. The Morgan fingerprint density at radius 3 is 2.30 bits per heavy atom. The maximum absolute atomic E-state index is 12.6. The van der Waals surface area contributed by atoms with Crippen molar-refractivity contribution in [2.24, 2.45) is 11.5 Å². The maximum Gasteiger partial charge on any atom is 0.239 e. The second-order valence-corrected chi connectivity index (χ2v) is 6.22. The molecule has 3 rings (SSSR count). The Bertz CT molecular complexity index is 644. The predicted molar refractivity (Wildman–Crippen MR) is 91.9 cm³/mol. The van der Waals surface area contributed by atoms with Crippen LogP contribution in [0.25, 0.3) is 0 Å². The quantitative estimate of drug-likeness (QED) is 0.899. The molecule has 1 aliphatic rings. The molecule has 1 aliphatic heterocycles. The zero-order valence-corrected chi connectivity index (χ0v) is 13.1. The number of rotatable bonds is 4. The second kappa shape index (κ2) is 6.94. The summed E-state index contributed by atoms with van der Waals surface area (Å²) >= 11 is 0. The molecule has 0 saturated carbocycles. The number of hydrogen-bond donors (Lipinski definition) is 2. The van der Waals surface area contributed by atoms with Crippen LogP contribution in [-0.4, -0.2) is 36.0 Å². The van der Waals surface area contributed by atoms with E-state index in [4.69, 9.17) is 11.5 Å². The Morgan fingerprint density at radius 1 is 1.04 bits per heavy atom. The first-order valence-corrected chi connectivity index (χ1v) is 8.04. The van der Waals surface area contributed by atoms with Gasteiger partial charge in [-0.05, 0) is 17.5 Å². The monoisotopic (exact) mass is 309 g/mol. The summed E-state index contributed by atoms with van der Waals surface area (Å²) in [6, 6.07) is 19.5. The van der Waals surface area contributed by atoms with Gasteiger partial charge < -0.3 is 16.4 Å². The van der Waals surface area contributed by atoms with Crippen molar-refractivity contribution in [3.05, 3.63) is 71.8 Å². The van der Waals surface area contributed by atoms with Crippen LogP contribution in [0.4, 0.5) is 0 Å². The first kappa shape index (κ1) is 15.7. The summed E-state index contributed by atoms with van der Waals surface area (Å²) < 4.78 is 0. The van der Waals surface area contributed by atoms with Crippen LogP contribution in [-0.2, 0) is 11.2 Å². The first-order chi connectivity index (χ1) is 11.1. The van der Waals surface area contributed by atoms with Gasteiger partial charge in [-0.25, -0.2) is 0 Å². The summed E-state index contributed by atoms with van der Waals surface area (Å²) in [6.45, 7) is 1.22. The van der Waals surface area contributed by atoms with Gasteiger partial charge >= 0.3 is 0 Å². The number of amides is 1. The molecule has 1 saturated heterocycles. The molecule has 23 heavy (non-hydrogen) atoms. The summed E-state index contributed by atoms with van der Waals surface area (Å²) in [5.74, 6) is 0.173. The summed E-state index contributed by atoms with van der Waals surface area (Å²) in [5, 5.41) is 0. The van der Waals surface area contributed by atoms with Crippen LogP contribution >= 0.6 is 0 Å². The van der Waals surface area contributed by atoms with E-state index in [1.165, 1.54) is 5.56 Å². The van der Waals surface area contributed by atoms with Gasteiger partial charge in [0.15, 0.2) is 0 Å². The van der Waals surface area contributed by atoms with Crippen molar-refractivity contribution in [1.82, 2.24) is 4.90 Å². The molecule has 2 aromatic carbocycles. The molecule has 4 N–H and O–H groups in total. The predicted octanol–water partition coefficient (Wildman–Crippen LogP) is 1.51. The van der Waals surface area contributed by atoms with Crippen molar-refractivity contribution in [3.63, 3.8) is 0 Å². The average Bonchev–Trinajstić information content (AvgIpc) is 2.97. The molecular formula is C19H23N3O. The van der Waals surface area contributed by atoms with E-state index in [2.05, 4.69) is 12.1 Å². The van der Waals surface area contributed by atoms with E-state index in [9.17, 15) is 4.79 Å². The number of nitrogens with two attached hydrogens (primary N) is 2. The van der Waals surface area contributed by atoms with Crippen LogP contribution in [0.1, 0.15) is 17.0 Å². The topological polar surface area (TPSA) is 72.4 Å². The Hall–Kier alpha value is -2.17. The third kappa shape index (κ3) is 3.60. The number of carbonyl (C=O) groups is 1. The van der Waals surface area contributed by atoms with Gasteiger partial charge in [0, 0.05) is 25.0 Å². The molecule has 0 spiro atoms. The highest BCUT2D eigenvalue weighted by Gasteiger charge is 2.35. The zero-order chi connectivity index (χ0) is 16.2. The van der Waals surface area contributed by atoms with Crippen LogP contribution in [0.5, 0.6) is 0 Å². The highest BCUT2D eigenvalue weighted by atomic mass is 16.2. The molecule has 0 bridgehead atoms. The standard InChI is InChI=1S/C19H23N3O/c20-17(11-14-7-3-1-4-8-14)19(23)22-12-16(18(21)13-22)15-9-5-2-6-10-15/h1-10,16-18H,11-13,20-21H2/t16-,17?,18+/m0/s1. The molecule has 0 aliphatic carbocycles. The van der Waals surface area contributed by atoms with E-state index in [1.54, 1.807) is 0 Å². The molecule has 1 fully saturated rings. The van der Waals surface area contributed by atoms with Gasteiger partial charge in [0.2, 0.25) is 5.91 Å². The van der Waals surface area contributed by atoms with Gasteiger partial charge in [0.1, 0.15) is 0 Å². The molecule has 120 valence electrons. The van der Waals surface area contributed by atoms with Gasteiger partial charge in [-0.1, -0.05) is 60.7 Å². The SMILES string of the molecule is NC(Cc1ccccc1)C(=O)N1C[C@@H](N)[C@H](c2ccccc2)C1. The average molecular weight is 309 g/mol. The lowest BCUT2D eigenvalue weighted by molar-refractivity contribution is -0.131. The van der Waals surface area contributed by atoms with Gasteiger partial charge in [0.05, 0.1) is 6.04 Å². The van der Waals surface area contributed by atoms with E-state index in [1.807, 2.05) is 53.4 Å². The number of benzene rings is 2. The van der Waals surface area contributed by atoms with E-state index in [0.717, 1.165) is 5.56 Å². The summed E-state index contributed by atoms with van der Waals surface area (Å²) in [5.41, 5.74) is 14.7. The molecule has 4 heteroatoms. The summed E-state index contributed by atoms with van der Waals surface area (Å²) in [4.78, 5) is 14.4. The molecule has 2 aromatic rings. The Labute approximate surface area is 137 Å². The van der Waals surface area contributed by atoms with E-state index in [0.29, 0.717) is 19.5 Å². The Kier molecular flexibility index (Phi) is 4.74. The molecular weight excluding hydrogens is 286 g/mol. The van der Waals surface area contributed by atoms with Crippen molar-refractivity contribution in [2.75, 3.05) is 13.1 Å². The summed E-state index contributed by atoms with van der Waals surface area (Å²) in [6.07, 6.45) is 0.557. The number of nitrogens with zero attached hydrogens (tertiary/aromatic N) is 1. The van der Waals surface area contributed by atoms with Crippen LogP contribution in [0.2, 0.25) is 0 Å². The minimum absolute atomic E-state index is 0.0114. The largest absolute Gasteiger partial charge is 0.339 e. The Balaban J connectivity index is 1.64. The van der Waals surface area contributed by atoms with Crippen LogP contribution in [0, 0.1) is 0 Å². The molecule has 1 unspecified atom stereocenters. The van der Waals surface area contributed by atoms with Crippen molar-refractivity contribution < 1.29 is 4.79 Å². The van der Waals surface area contributed by atoms with Crippen LogP contribution < -0.4 is 11.5 Å². The molecule has 1 heterocycles. The van der Waals surface area contributed by atoms with Crippen molar-refractivity contribution in [2.45, 2.75) is 24.4 Å². The first-order valence-electron chi connectivity index (χ1n) is 8.04. The van der Waals surface area contributed by atoms with Gasteiger partial charge in [-0.15, -0.1) is 0 Å². The van der Waals surface area contributed by atoms with Gasteiger partial charge in [-0.3, -0.25) is 4.79 Å². The smallest absolute Gasteiger partial charge is 0.239 e. The van der Waals surface area contributed by atoms with Crippen molar-refractivity contribution in [3.8, 4) is 0 Å². The molecule has 0 radical (unpaired) electrons. The van der Waals surface area contributed by atoms with E-state index < -0.39 is 6.04 Å². The normalized spacial score (nSPS) is 22.1. The number of hydrogen-bond acceptors (Lipinski definition) is 3. The second-order valence-electron chi connectivity index (χ2n) is 6.22. The summed E-state index contributed by atoms with van der Waals surface area (Å²) in [7, 11) is 0. The molecule has 1 amide bonds. The van der Waals surface area contributed by atoms with Crippen molar-refractivity contribution >= 4 is 5.91 Å². The van der Waals surface area contributed by atoms with Crippen molar-refractivity contribution in [1.29, 1.82) is 0 Å². The fraction of sp³-hybridized carbons (Fsp3) is 0.316. The molecule has 3 atom stereocenters. The van der Waals surface area contributed by atoms with E-state index in [-0.39, 0.29) is 17.9 Å². The highest BCUT2D eigenvalue weighted by Crippen LogP contribution is 2.26.